The molecular weight excluding hydrogens is 455 g/mol. The Bertz CT molecular complexity index is 1020. The Balaban J connectivity index is 2.08. The van der Waals surface area contributed by atoms with Crippen LogP contribution in [-0.2, 0) is 27.2 Å². The van der Waals surface area contributed by atoms with Crippen molar-refractivity contribution in [2.75, 3.05) is 0 Å². The number of aryl methyl sites for hydroxylation is 1. The van der Waals surface area contributed by atoms with Crippen LogP contribution in [0.4, 0.5) is 9.18 Å². The van der Waals surface area contributed by atoms with Gasteiger partial charge in [0.1, 0.15) is 17.9 Å². The molecule has 0 aromatic heterocycles. The number of primary amides is 1. The van der Waals surface area contributed by atoms with E-state index in [4.69, 9.17) is 11.5 Å². The second kappa shape index (κ2) is 13.7. The number of rotatable bonds is 11. The smallest absolute Gasteiger partial charge is 0.334 e. The summed E-state index contributed by atoms with van der Waals surface area (Å²) in [5.74, 6) is -2.54. The van der Waals surface area contributed by atoms with Crippen molar-refractivity contribution in [2.45, 2.75) is 50.7 Å². The molecule has 0 spiro atoms. The van der Waals surface area contributed by atoms with E-state index in [9.17, 15) is 23.6 Å². The highest BCUT2D eigenvalue weighted by Crippen LogP contribution is 2.09. The zero-order chi connectivity index (χ0) is 25.8. The third kappa shape index (κ3) is 9.41. The number of halogens is 1. The van der Waals surface area contributed by atoms with Gasteiger partial charge in [-0.3, -0.25) is 19.8 Å². The zero-order valence-corrected chi connectivity index (χ0v) is 19.4. The van der Waals surface area contributed by atoms with Crippen LogP contribution >= 0.6 is 0 Å². The van der Waals surface area contributed by atoms with Crippen LogP contribution in [0.2, 0.25) is 0 Å². The molecule has 0 aliphatic carbocycles. The first-order valence-electron chi connectivity index (χ1n) is 11.2. The molecule has 0 fully saturated rings. The van der Waals surface area contributed by atoms with Crippen LogP contribution in [0, 0.1) is 5.82 Å². The molecule has 5 amide bonds. The van der Waals surface area contributed by atoms with E-state index in [0.29, 0.717) is 18.4 Å². The highest BCUT2D eigenvalue weighted by molar-refractivity contribution is 5.92. The molecule has 0 heterocycles. The fourth-order valence-corrected chi connectivity index (χ4v) is 3.21. The number of hydrogen-bond donors (Lipinski definition) is 6. The quantitative estimate of drug-likeness (QED) is 0.252. The van der Waals surface area contributed by atoms with E-state index in [1.165, 1.54) is 18.2 Å². The molecule has 0 bridgehead atoms. The van der Waals surface area contributed by atoms with Crippen molar-refractivity contribution in [3.05, 3.63) is 71.5 Å². The second-order valence-corrected chi connectivity index (χ2v) is 7.98. The number of hydrazine groups is 1. The molecular formula is C24H31FN6O4. The van der Waals surface area contributed by atoms with Gasteiger partial charge in [0.15, 0.2) is 0 Å². The lowest BCUT2D eigenvalue weighted by Crippen LogP contribution is -2.58. The lowest BCUT2D eigenvalue weighted by Gasteiger charge is -2.22. The summed E-state index contributed by atoms with van der Waals surface area (Å²) in [5, 5.41) is 5.02. The van der Waals surface area contributed by atoms with E-state index in [2.05, 4.69) is 21.5 Å². The van der Waals surface area contributed by atoms with Gasteiger partial charge in [0.25, 0.3) is 5.91 Å². The molecule has 2 aromatic rings. The number of nitrogens with one attached hydrogen (secondary N) is 4. The SMILES string of the molecule is CCC(N)C(=O)NNC(=O)NC(CCc1ccccc1)C(=O)NC(Cc1cccc(F)c1)C(N)=O. The summed E-state index contributed by atoms with van der Waals surface area (Å²) >= 11 is 0. The molecule has 0 saturated carbocycles. The molecule has 0 aliphatic rings. The van der Waals surface area contributed by atoms with Gasteiger partial charge in [-0.1, -0.05) is 49.4 Å². The molecule has 0 aliphatic heterocycles. The molecule has 11 heteroatoms. The Hall–Kier alpha value is -3.99. The van der Waals surface area contributed by atoms with Gasteiger partial charge in [-0.25, -0.2) is 14.6 Å². The molecule has 35 heavy (non-hydrogen) atoms. The van der Waals surface area contributed by atoms with Crippen molar-refractivity contribution in [1.29, 1.82) is 0 Å². The van der Waals surface area contributed by atoms with Crippen LogP contribution in [0.15, 0.2) is 54.6 Å². The van der Waals surface area contributed by atoms with Crippen molar-refractivity contribution in [1.82, 2.24) is 21.5 Å². The summed E-state index contributed by atoms with van der Waals surface area (Å²) in [5.41, 5.74) is 16.8. The van der Waals surface area contributed by atoms with Crippen molar-refractivity contribution in [3.8, 4) is 0 Å². The maximum Gasteiger partial charge on any atom is 0.334 e. The standard InChI is InChI=1S/C24H31FN6O4/c1-2-18(26)22(33)30-31-24(35)29-19(12-11-15-7-4-3-5-8-15)23(34)28-20(21(27)32)14-16-9-6-10-17(25)13-16/h3-10,13,18-20H,2,11-12,14,26H2,1H3,(H2,27,32)(H,28,34)(H,30,33)(H2,29,31,35). The molecule has 2 rings (SSSR count). The average molecular weight is 487 g/mol. The highest BCUT2D eigenvalue weighted by atomic mass is 19.1. The van der Waals surface area contributed by atoms with Crippen LogP contribution < -0.4 is 33.0 Å². The molecule has 3 atom stereocenters. The normalized spacial score (nSPS) is 13.1. The van der Waals surface area contributed by atoms with Gasteiger partial charge in [-0.05, 0) is 42.5 Å². The number of hydrogen-bond acceptors (Lipinski definition) is 5. The van der Waals surface area contributed by atoms with Gasteiger partial charge in [0.2, 0.25) is 11.8 Å². The third-order valence-corrected chi connectivity index (χ3v) is 5.25. The topological polar surface area (TPSA) is 168 Å². The molecule has 3 unspecified atom stereocenters. The fourth-order valence-electron chi connectivity index (χ4n) is 3.21. The van der Waals surface area contributed by atoms with Gasteiger partial charge >= 0.3 is 6.03 Å². The molecule has 0 radical (unpaired) electrons. The summed E-state index contributed by atoms with van der Waals surface area (Å²) in [6, 6.07) is 11.0. The summed E-state index contributed by atoms with van der Waals surface area (Å²) in [6.07, 6.45) is 0.979. The van der Waals surface area contributed by atoms with Crippen molar-refractivity contribution < 1.29 is 23.6 Å². The number of benzene rings is 2. The number of urea groups is 1. The molecule has 2 aromatic carbocycles. The predicted molar refractivity (Wildman–Crippen MR) is 128 cm³/mol. The maximum absolute atomic E-state index is 13.5. The first-order valence-corrected chi connectivity index (χ1v) is 11.2. The van der Waals surface area contributed by atoms with Gasteiger partial charge in [-0.15, -0.1) is 0 Å². The van der Waals surface area contributed by atoms with Crippen LogP contribution in [0.25, 0.3) is 0 Å². The van der Waals surface area contributed by atoms with Crippen molar-refractivity contribution in [3.63, 3.8) is 0 Å². The Morgan fingerprint density at radius 1 is 0.886 bits per heavy atom. The Morgan fingerprint density at radius 3 is 2.20 bits per heavy atom. The summed E-state index contributed by atoms with van der Waals surface area (Å²) in [4.78, 5) is 49.1. The lowest BCUT2D eigenvalue weighted by molar-refractivity contribution is -0.128. The largest absolute Gasteiger partial charge is 0.368 e. The number of nitrogens with two attached hydrogens (primary N) is 2. The summed E-state index contributed by atoms with van der Waals surface area (Å²) < 4.78 is 13.5. The van der Waals surface area contributed by atoms with Gasteiger partial charge in [0.05, 0.1) is 6.04 Å². The van der Waals surface area contributed by atoms with Crippen LogP contribution in [-0.4, -0.2) is 41.9 Å². The van der Waals surface area contributed by atoms with E-state index >= 15 is 0 Å². The van der Waals surface area contributed by atoms with Crippen molar-refractivity contribution >= 4 is 23.8 Å². The van der Waals surface area contributed by atoms with E-state index in [-0.39, 0.29) is 12.8 Å². The molecule has 10 nitrogen and oxygen atoms in total. The zero-order valence-electron chi connectivity index (χ0n) is 19.4. The number of carbonyl (C=O) groups excluding carboxylic acids is 4. The van der Waals surface area contributed by atoms with Gasteiger partial charge in [0, 0.05) is 6.42 Å². The molecule has 188 valence electrons. The van der Waals surface area contributed by atoms with Crippen LogP contribution in [0.1, 0.15) is 30.9 Å². The Labute approximate surface area is 203 Å². The minimum atomic E-state index is -1.13. The highest BCUT2D eigenvalue weighted by Gasteiger charge is 2.26. The first-order chi connectivity index (χ1) is 16.7. The van der Waals surface area contributed by atoms with E-state index in [1.807, 2.05) is 30.3 Å². The lowest BCUT2D eigenvalue weighted by atomic mass is 10.0. The minimum Gasteiger partial charge on any atom is -0.368 e. The van der Waals surface area contributed by atoms with E-state index in [0.717, 1.165) is 5.56 Å². The average Bonchev–Trinajstić information content (AvgIpc) is 2.84. The monoisotopic (exact) mass is 486 g/mol. The number of amides is 5. The first kappa shape index (κ1) is 27.3. The minimum absolute atomic E-state index is 0.0264. The van der Waals surface area contributed by atoms with Gasteiger partial charge in [-0.2, -0.15) is 0 Å². The fraction of sp³-hybridized carbons (Fsp3) is 0.333. The van der Waals surface area contributed by atoms with E-state index in [1.54, 1.807) is 13.0 Å². The third-order valence-electron chi connectivity index (χ3n) is 5.25. The van der Waals surface area contributed by atoms with E-state index < -0.39 is 47.7 Å². The Kier molecular flexibility index (Phi) is 10.6. The van der Waals surface area contributed by atoms with Crippen LogP contribution in [0.3, 0.4) is 0 Å². The molecule has 8 N–H and O–H groups in total. The maximum atomic E-state index is 13.5. The predicted octanol–water partition coefficient (Wildman–Crippen LogP) is 0.407. The van der Waals surface area contributed by atoms with Crippen molar-refractivity contribution in [2.24, 2.45) is 11.5 Å². The summed E-state index contributed by atoms with van der Waals surface area (Å²) in [6.45, 7) is 1.72. The Morgan fingerprint density at radius 2 is 1.57 bits per heavy atom. The molecule has 0 saturated heterocycles. The summed E-state index contributed by atoms with van der Waals surface area (Å²) in [7, 11) is 0. The van der Waals surface area contributed by atoms with Crippen LogP contribution in [0.5, 0.6) is 0 Å². The van der Waals surface area contributed by atoms with Gasteiger partial charge < -0.3 is 22.1 Å². The number of carbonyl (C=O) groups is 4. The second-order valence-electron chi connectivity index (χ2n) is 7.98.